The van der Waals surface area contributed by atoms with Crippen LogP contribution in [0.4, 0.5) is 0 Å². The molecular formula is C12H17Br. The molecule has 0 bridgehead atoms. The predicted octanol–water partition coefficient (Wildman–Crippen LogP) is 4.15. The summed E-state index contributed by atoms with van der Waals surface area (Å²) in [6.45, 7) is 6.61. The highest BCUT2D eigenvalue weighted by Gasteiger charge is 2.02. The minimum absolute atomic E-state index is 0.968. The standard InChI is InChI=1S/C12H17Br/c1-4-5-11-7-12(8-13)10(3)6-9(11)2/h6-7H,4-5,8H2,1-3H3. The molecule has 0 N–H and O–H groups in total. The summed E-state index contributed by atoms with van der Waals surface area (Å²) in [4.78, 5) is 0. The molecule has 0 nitrogen and oxygen atoms in total. The highest BCUT2D eigenvalue weighted by molar-refractivity contribution is 9.08. The van der Waals surface area contributed by atoms with E-state index in [1.54, 1.807) is 0 Å². The first-order chi connectivity index (χ1) is 6.19. The van der Waals surface area contributed by atoms with Gasteiger partial charge in [-0.3, -0.25) is 0 Å². The third-order valence-corrected chi connectivity index (χ3v) is 3.06. The zero-order valence-corrected chi connectivity index (χ0v) is 10.2. The molecule has 0 unspecified atom stereocenters. The lowest BCUT2D eigenvalue weighted by Gasteiger charge is -2.09. The van der Waals surface area contributed by atoms with Crippen molar-refractivity contribution >= 4 is 15.9 Å². The maximum Gasteiger partial charge on any atom is 0.0285 e. The maximum absolute atomic E-state index is 3.52. The van der Waals surface area contributed by atoms with Gasteiger partial charge in [0.15, 0.2) is 0 Å². The van der Waals surface area contributed by atoms with Crippen LogP contribution in [0.5, 0.6) is 0 Å². The molecule has 0 fully saturated rings. The third kappa shape index (κ3) is 2.57. The molecule has 0 saturated carbocycles. The van der Waals surface area contributed by atoms with Crippen LogP contribution in [0.15, 0.2) is 12.1 Å². The second-order valence-electron chi connectivity index (χ2n) is 3.59. The van der Waals surface area contributed by atoms with E-state index >= 15 is 0 Å². The van der Waals surface area contributed by atoms with Crippen LogP contribution >= 0.6 is 15.9 Å². The van der Waals surface area contributed by atoms with Crippen LogP contribution in [0, 0.1) is 13.8 Å². The lowest BCUT2D eigenvalue weighted by Crippen LogP contribution is -1.94. The molecule has 1 heteroatoms. The minimum Gasteiger partial charge on any atom is -0.0876 e. The highest BCUT2D eigenvalue weighted by Crippen LogP contribution is 2.19. The van der Waals surface area contributed by atoms with Gasteiger partial charge in [0, 0.05) is 5.33 Å². The summed E-state index contributed by atoms with van der Waals surface area (Å²) in [5.41, 5.74) is 5.76. The number of benzene rings is 1. The largest absolute Gasteiger partial charge is 0.0876 e. The van der Waals surface area contributed by atoms with Crippen molar-refractivity contribution in [3.05, 3.63) is 34.4 Å². The van der Waals surface area contributed by atoms with Crippen molar-refractivity contribution in [2.45, 2.75) is 38.9 Å². The SMILES string of the molecule is CCCc1cc(CBr)c(C)cc1C. The minimum atomic E-state index is 0.968. The summed E-state index contributed by atoms with van der Waals surface area (Å²) in [6, 6.07) is 4.63. The first-order valence-electron chi connectivity index (χ1n) is 4.84. The summed E-state index contributed by atoms with van der Waals surface area (Å²) in [6.07, 6.45) is 2.43. The summed E-state index contributed by atoms with van der Waals surface area (Å²) in [5, 5.41) is 0.968. The van der Waals surface area contributed by atoms with Gasteiger partial charge in [0.2, 0.25) is 0 Å². The van der Waals surface area contributed by atoms with Crippen LogP contribution in [0.1, 0.15) is 35.6 Å². The number of aryl methyl sites for hydroxylation is 3. The lowest BCUT2D eigenvalue weighted by molar-refractivity contribution is 0.909. The third-order valence-electron chi connectivity index (χ3n) is 2.46. The van der Waals surface area contributed by atoms with E-state index in [1.807, 2.05) is 0 Å². The molecule has 0 radical (unpaired) electrons. The van der Waals surface area contributed by atoms with Gasteiger partial charge in [-0.1, -0.05) is 41.4 Å². The Balaban J connectivity index is 3.06. The molecule has 0 saturated heterocycles. The fraction of sp³-hybridized carbons (Fsp3) is 0.500. The molecule has 0 heterocycles. The van der Waals surface area contributed by atoms with Gasteiger partial charge >= 0.3 is 0 Å². The lowest BCUT2D eigenvalue weighted by atomic mass is 9.98. The number of hydrogen-bond acceptors (Lipinski definition) is 0. The first-order valence-corrected chi connectivity index (χ1v) is 5.96. The average Bonchev–Trinajstić information content (AvgIpc) is 2.10. The van der Waals surface area contributed by atoms with E-state index in [2.05, 4.69) is 48.8 Å². The van der Waals surface area contributed by atoms with Crippen molar-refractivity contribution in [3.8, 4) is 0 Å². The van der Waals surface area contributed by atoms with Crippen molar-refractivity contribution < 1.29 is 0 Å². The topological polar surface area (TPSA) is 0 Å². The summed E-state index contributed by atoms with van der Waals surface area (Å²) < 4.78 is 0. The van der Waals surface area contributed by atoms with Crippen molar-refractivity contribution in [2.75, 3.05) is 0 Å². The molecule has 0 spiro atoms. The fourth-order valence-electron chi connectivity index (χ4n) is 1.63. The number of hydrogen-bond donors (Lipinski definition) is 0. The van der Waals surface area contributed by atoms with Crippen LogP contribution < -0.4 is 0 Å². The van der Waals surface area contributed by atoms with Gasteiger partial charge in [-0.25, -0.2) is 0 Å². The Morgan fingerprint density at radius 2 is 1.69 bits per heavy atom. The Bertz CT molecular complexity index is 289. The predicted molar refractivity (Wildman–Crippen MR) is 62.5 cm³/mol. The Labute approximate surface area is 89.5 Å². The number of halogens is 1. The van der Waals surface area contributed by atoms with E-state index in [4.69, 9.17) is 0 Å². The molecule has 13 heavy (non-hydrogen) atoms. The van der Waals surface area contributed by atoms with E-state index in [9.17, 15) is 0 Å². The average molecular weight is 241 g/mol. The van der Waals surface area contributed by atoms with Crippen molar-refractivity contribution in [1.82, 2.24) is 0 Å². The van der Waals surface area contributed by atoms with E-state index in [0.717, 1.165) is 5.33 Å². The molecule has 0 aliphatic carbocycles. The van der Waals surface area contributed by atoms with Crippen molar-refractivity contribution in [2.24, 2.45) is 0 Å². The monoisotopic (exact) mass is 240 g/mol. The molecule has 0 atom stereocenters. The number of rotatable bonds is 3. The van der Waals surface area contributed by atoms with Gasteiger partial charge in [0.1, 0.15) is 0 Å². The first kappa shape index (κ1) is 10.8. The molecule has 1 aromatic rings. The van der Waals surface area contributed by atoms with Crippen LogP contribution in [-0.4, -0.2) is 0 Å². The zero-order valence-electron chi connectivity index (χ0n) is 8.65. The second-order valence-corrected chi connectivity index (χ2v) is 4.15. The van der Waals surface area contributed by atoms with Gasteiger partial charge in [-0.2, -0.15) is 0 Å². The zero-order chi connectivity index (χ0) is 9.84. The molecule has 1 aromatic carbocycles. The van der Waals surface area contributed by atoms with Gasteiger partial charge in [-0.05, 0) is 42.5 Å². The normalized spacial score (nSPS) is 10.5. The van der Waals surface area contributed by atoms with Crippen LogP contribution in [0.25, 0.3) is 0 Å². The van der Waals surface area contributed by atoms with E-state index in [1.165, 1.54) is 35.1 Å². The van der Waals surface area contributed by atoms with Crippen LogP contribution in [-0.2, 0) is 11.8 Å². The van der Waals surface area contributed by atoms with Gasteiger partial charge in [-0.15, -0.1) is 0 Å². The van der Waals surface area contributed by atoms with E-state index in [0.29, 0.717) is 0 Å². The Morgan fingerprint density at radius 3 is 2.23 bits per heavy atom. The second kappa shape index (κ2) is 4.80. The van der Waals surface area contributed by atoms with Crippen molar-refractivity contribution in [3.63, 3.8) is 0 Å². The van der Waals surface area contributed by atoms with Gasteiger partial charge < -0.3 is 0 Å². The van der Waals surface area contributed by atoms with Crippen LogP contribution in [0.2, 0.25) is 0 Å². The quantitative estimate of drug-likeness (QED) is 0.697. The molecule has 72 valence electrons. The molecular weight excluding hydrogens is 224 g/mol. The molecule has 0 aliphatic rings. The van der Waals surface area contributed by atoms with E-state index < -0.39 is 0 Å². The summed E-state index contributed by atoms with van der Waals surface area (Å²) >= 11 is 3.52. The summed E-state index contributed by atoms with van der Waals surface area (Å²) in [5.74, 6) is 0. The molecule has 1 rings (SSSR count). The molecule has 0 aliphatic heterocycles. The number of alkyl halides is 1. The Morgan fingerprint density at radius 1 is 1.08 bits per heavy atom. The van der Waals surface area contributed by atoms with Gasteiger partial charge in [0.25, 0.3) is 0 Å². The van der Waals surface area contributed by atoms with E-state index in [-0.39, 0.29) is 0 Å². The maximum atomic E-state index is 3.52. The summed E-state index contributed by atoms with van der Waals surface area (Å²) in [7, 11) is 0. The fourth-order valence-corrected chi connectivity index (χ4v) is 2.23. The molecule has 0 amide bonds. The molecule has 0 aromatic heterocycles. The van der Waals surface area contributed by atoms with Crippen LogP contribution in [0.3, 0.4) is 0 Å². The van der Waals surface area contributed by atoms with Crippen molar-refractivity contribution in [1.29, 1.82) is 0 Å². The Hall–Kier alpha value is -0.300. The smallest absolute Gasteiger partial charge is 0.0285 e. The Kier molecular flexibility index (Phi) is 3.98. The van der Waals surface area contributed by atoms with Gasteiger partial charge in [0.05, 0.1) is 0 Å². The highest BCUT2D eigenvalue weighted by atomic mass is 79.9.